The second-order valence-electron chi connectivity index (χ2n) is 10.1. The maximum absolute atomic E-state index is 13.5. The third kappa shape index (κ3) is 6.21. The highest BCUT2D eigenvalue weighted by molar-refractivity contribution is 5.93. The number of rotatable bonds is 5. The Morgan fingerprint density at radius 1 is 0.975 bits per heavy atom. The molecule has 2 aliphatic heterocycles. The molecule has 2 aromatic rings. The molecular formula is C26H31F6N5O3. The molecule has 14 heteroatoms. The third-order valence-corrected chi connectivity index (χ3v) is 7.60. The Labute approximate surface area is 227 Å². The van der Waals surface area contributed by atoms with Crippen LogP contribution in [-0.2, 0) is 36.8 Å². The largest absolute Gasteiger partial charge is 0.445 e. The number of piperazine rings is 1. The van der Waals surface area contributed by atoms with Crippen molar-refractivity contribution in [2.24, 2.45) is 0 Å². The van der Waals surface area contributed by atoms with Gasteiger partial charge in [-0.25, -0.2) is 4.79 Å². The lowest BCUT2D eigenvalue weighted by atomic mass is 9.88. The number of hydrogen-bond donors (Lipinski definition) is 1. The van der Waals surface area contributed by atoms with E-state index in [9.17, 15) is 35.9 Å². The van der Waals surface area contributed by atoms with Gasteiger partial charge in [0.15, 0.2) is 5.69 Å². The molecule has 220 valence electrons. The number of benzene rings is 1. The van der Waals surface area contributed by atoms with Gasteiger partial charge in [0.25, 0.3) is 5.91 Å². The number of nitrogens with one attached hydrogen (secondary N) is 1. The van der Waals surface area contributed by atoms with Crippen molar-refractivity contribution in [2.75, 3.05) is 26.2 Å². The first-order chi connectivity index (χ1) is 18.8. The minimum atomic E-state index is -5.00. The molecule has 0 atom stereocenters. The van der Waals surface area contributed by atoms with Crippen LogP contribution >= 0.6 is 0 Å². The van der Waals surface area contributed by atoms with Gasteiger partial charge in [-0.3, -0.25) is 9.48 Å². The number of aryl methyl sites for hydroxylation is 1. The van der Waals surface area contributed by atoms with Gasteiger partial charge in [0, 0.05) is 32.7 Å². The highest BCUT2D eigenvalue weighted by Gasteiger charge is 2.40. The standard InChI is InChI=1S/C26H31F6N5O3/c1-3-24(4-2)16-33-6-9-36(24)22(38)21-13-20-14-35(7-5-8-37(20)34-21)23(39)40-15-17-10-18(25(27,28)29)12-19(11-17)26(30,31)32/h10-13,33H,3-9,14-16H2,1-2H3. The molecule has 0 aliphatic carbocycles. The van der Waals surface area contributed by atoms with Crippen LogP contribution in [0.3, 0.4) is 0 Å². The van der Waals surface area contributed by atoms with E-state index in [-0.39, 0.29) is 36.3 Å². The van der Waals surface area contributed by atoms with E-state index in [0.29, 0.717) is 50.4 Å². The Bertz CT molecular complexity index is 1210. The van der Waals surface area contributed by atoms with Crippen LogP contribution in [0.1, 0.15) is 66.0 Å². The molecule has 40 heavy (non-hydrogen) atoms. The lowest BCUT2D eigenvalue weighted by Crippen LogP contribution is -2.62. The Balaban J connectivity index is 1.47. The molecule has 1 aromatic carbocycles. The molecule has 2 aliphatic rings. The lowest BCUT2D eigenvalue weighted by molar-refractivity contribution is -0.143. The fourth-order valence-corrected chi connectivity index (χ4v) is 5.24. The summed E-state index contributed by atoms with van der Waals surface area (Å²) in [7, 11) is 0. The molecule has 1 saturated heterocycles. The number of carbonyl (C=O) groups excluding carboxylic acids is 2. The van der Waals surface area contributed by atoms with Crippen molar-refractivity contribution >= 4 is 12.0 Å². The van der Waals surface area contributed by atoms with E-state index >= 15 is 0 Å². The Morgan fingerprint density at radius 2 is 1.62 bits per heavy atom. The summed E-state index contributed by atoms with van der Waals surface area (Å²) >= 11 is 0. The molecular weight excluding hydrogens is 544 g/mol. The predicted octanol–water partition coefficient (Wildman–Crippen LogP) is 5.07. The predicted molar refractivity (Wildman–Crippen MR) is 131 cm³/mol. The molecule has 0 saturated carbocycles. The Kier molecular flexibility index (Phi) is 8.38. The highest BCUT2D eigenvalue weighted by Crippen LogP contribution is 2.36. The number of hydrogen-bond acceptors (Lipinski definition) is 5. The Hall–Kier alpha value is -3.29. The summed E-state index contributed by atoms with van der Waals surface area (Å²) in [6.45, 7) is 5.84. The first-order valence-electron chi connectivity index (χ1n) is 13.1. The van der Waals surface area contributed by atoms with Crippen LogP contribution in [0.15, 0.2) is 24.3 Å². The topological polar surface area (TPSA) is 79.7 Å². The van der Waals surface area contributed by atoms with Gasteiger partial charge in [-0.2, -0.15) is 31.4 Å². The minimum Gasteiger partial charge on any atom is -0.445 e. The zero-order valence-electron chi connectivity index (χ0n) is 22.2. The van der Waals surface area contributed by atoms with Crippen molar-refractivity contribution in [3.63, 3.8) is 0 Å². The van der Waals surface area contributed by atoms with E-state index < -0.39 is 41.7 Å². The number of alkyl halides is 6. The molecule has 3 heterocycles. The highest BCUT2D eigenvalue weighted by atomic mass is 19.4. The molecule has 2 amide bonds. The first kappa shape index (κ1) is 29.7. The number of carbonyl (C=O) groups is 2. The monoisotopic (exact) mass is 575 g/mol. The van der Waals surface area contributed by atoms with Crippen molar-refractivity contribution in [3.8, 4) is 0 Å². The fourth-order valence-electron chi connectivity index (χ4n) is 5.24. The number of fused-ring (bicyclic) bond motifs is 1. The molecule has 0 radical (unpaired) electrons. The van der Waals surface area contributed by atoms with Gasteiger partial charge in [-0.1, -0.05) is 13.8 Å². The average molecular weight is 576 g/mol. The van der Waals surface area contributed by atoms with Crippen LogP contribution < -0.4 is 5.32 Å². The van der Waals surface area contributed by atoms with E-state index in [4.69, 9.17) is 4.74 Å². The van der Waals surface area contributed by atoms with E-state index in [0.717, 1.165) is 12.8 Å². The molecule has 1 aromatic heterocycles. The third-order valence-electron chi connectivity index (χ3n) is 7.60. The minimum absolute atomic E-state index is 0.0176. The fraction of sp³-hybridized carbons (Fsp3) is 0.577. The van der Waals surface area contributed by atoms with Crippen molar-refractivity contribution in [2.45, 2.75) is 70.7 Å². The van der Waals surface area contributed by atoms with E-state index in [2.05, 4.69) is 10.4 Å². The zero-order chi connectivity index (χ0) is 29.3. The van der Waals surface area contributed by atoms with Crippen LogP contribution in [0.25, 0.3) is 0 Å². The average Bonchev–Trinajstić information content (AvgIpc) is 3.21. The normalized spacial score (nSPS) is 17.8. The summed E-state index contributed by atoms with van der Waals surface area (Å²) in [4.78, 5) is 29.4. The first-order valence-corrected chi connectivity index (χ1v) is 13.1. The summed E-state index contributed by atoms with van der Waals surface area (Å²) in [5.41, 5.74) is -2.91. The van der Waals surface area contributed by atoms with Gasteiger partial charge in [0.05, 0.1) is 28.9 Å². The second-order valence-corrected chi connectivity index (χ2v) is 10.1. The molecule has 0 spiro atoms. The molecule has 1 fully saturated rings. The van der Waals surface area contributed by atoms with Gasteiger partial charge < -0.3 is 19.9 Å². The maximum atomic E-state index is 13.5. The van der Waals surface area contributed by atoms with E-state index in [1.165, 1.54) is 4.90 Å². The van der Waals surface area contributed by atoms with Crippen molar-refractivity contribution in [1.82, 2.24) is 24.9 Å². The van der Waals surface area contributed by atoms with Crippen molar-refractivity contribution in [1.29, 1.82) is 0 Å². The van der Waals surface area contributed by atoms with Crippen molar-refractivity contribution in [3.05, 3.63) is 52.3 Å². The number of ether oxygens (including phenoxy) is 1. The van der Waals surface area contributed by atoms with Gasteiger partial charge in [0.2, 0.25) is 0 Å². The molecule has 0 bridgehead atoms. The zero-order valence-corrected chi connectivity index (χ0v) is 22.2. The lowest BCUT2D eigenvalue weighted by Gasteiger charge is -2.46. The van der Waals surface area contributed by atoms with Gasteiger partial charge in [-0.05, 0) is 49.1 Å². The summed E-state index contributed by atoms with van der Waals surface area (Å²) in [5, 5.41) is 7.83. The quantitative estimate of drug-likeness (QED) is 0.504. The summed E-state index contributed by atoms with van der Waals surface area (Å²) in [6.07, 6.45) is -8.90. The van der Waals surface area contributed by atoms with Crippen LogP contribution in [-0.4, -0.2) is 63.3 Å². The van der Waals surface area contributed by atoms with Gasteiger partial charge >= 0.3 is 18.4 Å². The maximum Gasteiger partial charge on any atom is 0.416 e. The molecule has 8 nitrogen and oxygen atoms in total. The number of halogens is 6. The molecule has 4 rings (SSSR count). The smallest absolute Gasteiger partial charge is 0.416 e. The van der Waals surface area contributed by atoms with Gasteiger partial charge in [-0.15, -0.1) is 0 Å². The van der Waals surface area contributed by atoms with Crippen LogP contribution in [0.4, 0.5) is 31.1 Å². The van der Waals surface area contributed by atoms with Gasteiger partial charge in [0.1, 0.15) is 6.61 Å². The Morgan fingerprint density at radius 3 is 2.23 bits per heavy atom. The number of amides is 2. The summed E-state index contributed by atoms with van der Waals surface area (Å²) < 4.78 is 85.7. The summed E-state index contributed by atoms with van der Waals surface area (Å²) in [5.74, 6) is -0.204. The molecule has 0 unspecified atom stereocenters. The van der Waals surface area contributed by atoms with Crippen LogP contribution in [0.5, 0.6) is 0 Å². The van der Waals surface area contributed by atoms with Crippen LogP contribution in [0, 0.1) is 0 Å². The van der Waals surface area contributed by atoms with E-state index in [1.807, 2.05) is 18.7 Å². The number of nitrogens with zero attached hydrogens (tertiary/aromatic N) is 4. The molecule has 1 N–H and O–H groups in total. The SMILES string of the molecule is CCC1(CC)CNCCN1C(=O)c1cc2n(n1)CCCN(C(=O)OCc1cc(C(F)(F)F)cc(C(F)(F)F)c1)C2. The number of aromatic nitrogens is 2. The van der Waals surface area contributed by atoms with Crippen molar-refractivity contribution < 1.29 is 40.7 Å². The second kappa shape index (κ2) is 11.3. The summed E-state index contributed by atoms with van der Waals surface area (Å²) in [6, 6.07) is 2.70. The van der Waals surface area contributed by atoms with Crippen LogP contribution in [0.2, 0.25) is 0 Å². The van der Waals surface area contributed by atoms with E-state index in [1.54, 1.807) is 10.7 Å².